The molecule has 0 aromatic rings. The van der Waals surface area contributed by atoms with Crippen LogP contribution in [0, 0.1) is 34.5 Å². The van der Waals surface area contributed by atoms with Gasteiger partial charge in [-0.1, -0.05) is 43.1 Å². The molecule has 0 radical (unpaired) electrons. The van der Waals surface area contributed by atoms with Crippen LogP contribution in [-0.2, 0) is 0 Å². The SMILES string of the molecule is C=C1C(=CC=C2CCC[C@]3(C)[C@@H](C4(CC#CC(C)(C)O)CC4)CC[C@@H]23)CCC[C@@H]1O. The predicted octanol–water partition coefficient (Wildman–Crippen LogP) is 6.10. The van der Waals surface area contributed by atoms with Crippen LogP contribution in [0.25, 0.3) is 0 Å². The van der Waals surface area contributed by atoms with Gasteiger partial charge in [-0.25, -0.2) is 0 Å². The highest BCUT2D eigenvalue weighted by atomic mass is 16.3. The van der Waals surface area contributed by atoms with Gasteiger partial charge in [0.15, 0.2) is 0 Å². The van der Waals surface area contributed by atoms with Gasteiger partial charge in [-0.3, -0.25) is 0 Å². The topological polar surface area (TPSA) is 40.5 Å². The summed E-state index contributed by atoms with van der Waals surface area (Å²) in [5.41, 5.74) is 3.71. The Bertz CT molecular complexity index is 808. The molecule has 0 aliphatic heterocycles. The maximum absolute atomic E-state index is 10.1. The summed E-state index contributed by atoms with van der Waals surface area (Å²) < 4.78 is 0. The van der Waals surface area contributed by atoms with Gasteiger partial charge >= 0.3 is 0 Å². The summed E-state index contributed by atoms with van der Waals surface area (Å²) >= 11 is 0. The van der Waals surface area contributed by atoms with Crippen molar-refractivity contribution < 1.29 is 10.2 Å². The van der Waals surface area contributed by atoms with E-state index in [4.69, 9.17) is 0 Å². The Balaban J connectivity index is 1.52. The molecule has 0 amide bonds. The van der Waals surface area contributed by atoms with Crippen molar-refractivity contribution in [3.8, 4) is 11.8 Å². The summed E-state index contributed by atoms with van der Waals surface area (Å²) in [6.07, 6.45) is 17.3. The van der Waals surface area contributed by atoms with Crippen molar-refractivity contribution in [2.24, 2.45) is 22.7 Å². The quantitative estimate of drug-likeness (QED) is 0.554. The molecular weight excluding hydrogens is 368 g/mol. The third-order valence-electron chi connectivity index (χ3n) is 8.67. The Morgan fingerprint density at radius 2 is 1.87 bits per heavy atom. The van der Waals surface area contributed by atoms with Gasteiger partial charge in [-0.2, -0.15) is 0 Å². The molecule has 2 heteroatoms. The van der Waals surface area contributed by atoms with Gasteiger partial charge in [0.05, 0.1) is 6.10 Å². The van der Waals surface area contributed by atoms with Crippen molar-refractivity contribution in [1.82, 2.24) is 0 Å². The molecule has 0 unspecified atom stereocenters. The second kappa shape index (κ2) is 7.99. The standard InChI is InChI=1S/C28H40O2/c1-20-21(8-5-10-24(20)29)11-12-22-9-6-16-27(4)23(22)13-14-25(27)28(18-19-28)17-7-15-26(2,3)30/h11-12,23-25,29-30H,1,5-6,8-10,13-14,16-19H2,2-4H3/t23-,24-,25-,27-/m0/s1. The van der Waals surface area contributed by atoms with Crippen LogP contribution in [0.15, 0.2) is 35.5 Å². The zero-order valence-corrected chi connectivity index (χ0v) is 19.3. The molecule has 4 atom stereocenters. The van der Waals surface area contributed by atoms with Crippen LogP contribution >= 0.6 is 0 Å². The van der Waals surface area contributed by atoms with E-state index < -0.39 is 5.60 Å². The van der Waals surface area contributed by atoms with Gasteiger partial charge in [0.2, 0.25) is 0 Å². The first kappa shape index (κ1) is 21.9. The van der Waals surface area contributed by atoms with Gasteiger partial charge in [0, 0.05) is 6.42 Å². The lowest BCUT2D eigenvalue weighted by Gasteiger charge is -2.45. The molecule has 164 valence electrons. The van der Waals surface area contributed by atoms with E-state index in [1.165, 1.54) is 50.5 Å². The van der Waals surface area contributed by atoms with Crippen LogP contribution in [0.1, 0.15) is 91.4 Å². The molecule has 2 N–H and O–H groups in total. The van der Waals surface area contributed by atoms with Crippen LogP contribution in [-0.4, -0.2) is 21.9 Å². The summed E-state index contributed by atoms with van der Waals surface area (Å²) in [6, 6.07) is 0. The third-order valence-corrected chi connectivity index (χ3v) is 8.67. The lowest BCUT2D eigenvalue weighted by molar-refractivity contribution is 0.0817. The number of rotatable bonds is 3. The Hall–Kier alpha value is -1.30. The molecule has 4 rings (SSSR count). The second-order valence-electron chi connectivity index (χ2n) is 11.3. The second-order valence-corrected chi connectivity index (χ2v) is 11.3. The van der Waals surface area contributed by atoms with Crippen molar-refractivity contribution in [3.63, 3.8) is 0 Å². The van der Waals surface area contributed by atoms with E-state index >= 15 is 0 Å². The first-order chi connectivity index (χ1) is 14.1. The number of hydrogen-bond acceptors (Lipinski definition) is 2. The zero-order chi connectivity index (χ0) is 21.6. The number of aliphatic hydroxyl groups excluding tert-OH is 1. The van der Waals surface area contributed by atoms with Crippen molar-refractivity contribution >= 4 is 0 Å². The lowest BCUT2D eigenvalue weighted by Crippen LogP contribution is -2.37. The molecule has 30 heavy (non-hydrogen) atoms. The highest BCUT2D eigenvalue weighted by Gasteiger charge is 2.60. The summed E-state index contributed by atoms with van der Waals surface area (Å²) in [5, 5.41) is 20.1. The minimum Gasteiger partial charge on any atom is -0.388 e. The van der Waals surface area contributed by atoms with E-state index in [2.05, 4.69) is 37.5 Å². The highest BCUT2D eigenvalue weighted by Crippen LogP contribution is 2.69. The van der Waals surface area contributed by atoms with Crippen LogP contribution in [0.3, 0.4) is 0 Å². The van der Waals surface area contributed by atoms with E-state index in [1.807, 2.05) is 0 Å². The summed E-state index contributed by atoms with van der Waals surface area (Å²) in [5.74, 6) is 7.85. The zero-order valence-electron chi connectivity index (χ0n) is 19.3. The van der Waals surface area contributed by atoms with Crippen molar-refractivity contribution in [3.05, 3.63) is 35.5 Å². The molecule has 0 saturated heterocycles. The van der Waals surface area contributed by atoms with Crippen molar-refractivity contribution in [2.75, 3.05) is 0 Å². The fraction of sp³-hybridized carbons (Fsp3) is 0.714. The molecule has 4 saturated carbocycles. The number of aliphatic hydroxyl groups is 2. The summed E-state index contributed by atoms with van der Waals surface area (Å²) in [6.45, 7) is 10.3. The van der Waals surface area contributed by atoms with Crippen molar-refractivity contribution in [2.45, 2.75) is 103 Å². The molecule has 0 heterocycles. The largest absolute Gasteiger partial charge is 0.388 e. The maximum atomic E-state index is 10.1. The first-order valence-electron chi connectivity index (χ1n) is 12.1. The predicted molar refractivity (Wildman–Crippen MR) is 124 cm³/mol. The molecule has 0 spiro atoms. The molecule has 4 fully saturated rings. The molecule has 4 aliphatic carbocycles. The van der Waals surface area contributed by atoms with E-state index in [1.54, 1.807) is 19.4 Å². The fourth-order valence-corrected chi connectivity index (χ4v) is 6.92. The van der Waals surface area contributed by atoms with E-state index in [9.17, 15) is 10.2 Å². The van der Waals surface area contributed by atoms with Crippen LogP contribution in [0.2, 0.25) is 0 Å². The first-order valence-corrected chi connectivity index (χ1v) is 12.1. The summed E-state index contributed by atoms with van der Waals surface area (Å²) in [7, 11) is 0. The lowest BCUT2D eigenvalue weighted by atomic mass is 9.59. The molecule has 2 nitrogen and oxygen atoms in total. The average molecular weight is 409 g/mol. The minimum absolute atomic E-state index is 0.351. The average Bonchev–Trinajstić information content (AvgIpc) is 3.35. The monoisotopic (exact) mass is 408 g/mol. The molecular formula is C28H40O2. The molecule has 4 aliphatic rings. The normalized spacial score (nSPS) is 38.3. The van der Waals surface area contributed by atoms with E-state index in [-0.39, 0.29) is 6.10 Å². The third kappa shape index (κ3) is 4.21. The fourth-order valence-electron chi connectivity index (χ4n) is 6.92. The van der Waals surface area contributed by atoms with Gasteiger partial charge < -0.3 is 10.2 Å². The molecule has 0 aromatic carbocycles. The van der Waals surface area contributed by atoms with Gasteiger partial charge in [0.1, 0.15) is 5.60 Å². The smallest absolute Gasteiger partial charge is 0.119 e. The van der Waals surface area contributed by atoms with Crippen molar-refractivity contribution in [1.29, 1.82) is 0 Å². The van der Waals surface area contributed by atoms with Gasteiger partial charge in [0.25, 0.3) is 0 Å². The maximum Gasteiger partial charge on any atom is 0.119 e. The van der Waals surface area contributed by atoms with Crippen LogP contribution in [0.4, 0.5) is 0 Å². The van der Waals surface area contributed by atoms with Gasteiger partial charge in [-0.05, 0) is 112 Å². The Morgan fingerprint density at radius 1 is 1.10 bits per heavy atom. The van der Waals surface area contributed by atoms with E-state index in [0.29, 0.717) is 16.7 Å². The van der Waals surface area contributed by atoms with E-state index in [0.717, 1.165) is 37.2 Å². The molecule has 0 bridgehead atoms. The van der Waals surface area contributed by atoms with Gasteiger partial charge in [-0.15, -0.1) is 0 Å². The number of allylic oxidation sites excluding steroid dienone is 3. The van der Waals surface area contributed by atoms with Crippen LogP contribution < -0.4 is 0 Å². The Morgan fingerprint density at radius 3 is 2.57 bits per heavy atom. The minimum atomic E-state index is -0.886. The summed E-state index contributed by atoms with van der Waals surface area (Å²) in [4.78, 5) is 0. The Kier molecular flexibility index (Phi) is 5.84. The Labute approximate surface area is 183 Å². The van der Waals surface area contributed by atoms with Crippen LogP contribution in [0.5, 0.6) is 0 Å². The molecule has 0 aromatic heterocycles. The number of fused-ring (bicyclic) bond motifs is 1. The highest BCUT2D eigenvalue weighted by molar-refractivity contribution is 5.38. The number of hydrogen-bond donors (Lipinski definition) is 2.